The largest absolute Gasteiger partial charge is 0.496 e. The predicted octanol–water partition coefficient (Wildman–Crippen LogP) is 4.18. The predicted molar refractivity (Wildman–Crippen MR) is 102 cm³/mol. The molecule has 0 bridgehead atoms. The lowest BCUT2D eigenvalue weighted by Gasteiger charge is -2.10. The molecule has 1 amide bonds. The number of carbonyl (C=O) groups is 1. The highest BCUT2D eigenvalue weighted by atomic mass is 32.2. The lowest BCUT2D eigenvalue weighted by atomic mass is 10.1. The Morgan fingerprint density at radius 3 is 2.65 bits per heavy atom. The number of carbonyl (C=O) groups excluding carboxylic acids is 1. The van der Waals surface area contributed by atoms with Gasteiger partial charge < -0.3 is 19.6 Å². The number of aliphatic hydroxyl groups excluding tert-OH is 1. The highest BCUT2D eigenvalue weighted by molar-refractivity contribution is 8.00. The van der Waals surface area contributed by atoms with Crippen molar-refractivity contribution in [3.63, 3.8) is 0 Å². The summed E-state index contributed by atoms with van der Waals surface area (Å²) in [4.78, 5) is 13.2. The fraction of sp³-hybridized carbons (Fsp3) is 0.150. The fourth-order valence-electron chi connectivity index (χ4n) is 2.44. The van der Waals surface area contributed by atoms with E-state index in [2.05, 4.69) is 5.32 Å². The molecule has 26 heavy (non-hydrogen) atoms. The third kappa shape index (κ3) is 4.47. The van der Waals surface area contributed by atoms with E-state index in [1.165, 1.54) is 11.8 Å². The smallest absolute Gasteiger partial charge is 0.234 e. The number of rotatable bonds is 7. The number of furan rings is 1. The second-order valence-electron chi connectivity index (χ2n) is 5.49. The lowest BCUT2D eigenvalue weighted by Crippen LogP contribution is -2.14. The molecule has 0 spiro atoms. The molecule has 0 aliphatic carbocycles. The Hall–Kier alpha value is -2.70. The van der Waals surface area contributed by atoms with Gasteiger partial charge in [-0.15, -0.1) is 11.8 Å². The fourth-order valence-corrected chi connectivity index (χ4v) is 3.16. The van der Waals surface area contributed by atoms with Crippen molar-refractivity contribution in [2.45, 2.75) is 11.5 Å². The molecule has 1 heterocycles. The molecule has 0 aliphatic heterocycles. The van der Waals surface area contributed by atoms with Crippen LogP contribution in [0, 0.1) is 0 Å². The van der Waals surface area contributed by atoms with E-state index in [4.69, 9.17) is 14.3 Å². The van der Waals surface area contributed by atoms with Gasteiger partial charge in [0.05, 0.1) is 18.4 Å². The molecule has 134 valence electrons. The third-order valence-electron chi connectivity index (χ3n) is 3.68. The standard InChI is InChI=1S/C20H19NO4S/c1-24-19-11-14(7-9-17(19)18-10-8-15(12-22)25-18)21-20(23)13-26-16-5-3-2-4-6-16/h2-11,22H,12-13H2,1H3,(H,21,23). The molecule has 2 aromatic carbocycles. The zero-order chi connectivity index (χ0) is 18.4. The van der Waals surface area contributed by atoms with Gasteiger partial charge in [0, 0.05) is 16.6 Å². The third-order valence-corrected chi connectivity index (χ3v) is 4.69. The highest BCUT2D eigenvalue weighted by Crippen LogP contribution is 2.33. The molecule has 0 fully saturated rings. The van der Waals surface area contributed by atoms with E-state index in [0.717, 1.165) is 10.5 Å². The molecule has 3 rings (SSSR count). The SMILES string of the molecule is COc1cc(NC(=O)CSc2ccccc2)ccc1-c1ccc(CO)o1. The zero-order valence-corrected chi connectivity index (χ0v) is 15.1. The number of nitrogens with one attached hydrogen (secondary N) is 1. The maximum Gasteiger partial charge on any atom is 0.234 e. The van der Waals surface area contributed by atoms with Crippen LogP contribution >= 0.6 is 11.8 Å². The summed E-state index contributed by atoms with van der Waals surface area (Å²) in [6.45, 7) is -0.157. The Bertz CT molecular complexity index is 877. The van der Waals surface area contributed by atoms with Crippen LogP contribution in [0.1, 0.15) is 5.76 Å². The van der Waals surface area contributed by atoms with Gasteiger partial charge in [-0.3, -0.25) is 4.79 Å². The number of hydrogen-bond donors (Lipinski definition) is 2. The molecule has 0 aliphatic rings. The van der Waals surface area contributed by atoms with E-state index in [0.29, 0.717) is 28.7 Å². The minimum Gasteiger partial charge on any atom is -0.496 e. The second kappa shape index (κ2) is 8.60. The maximum atomic E-state index is 12.2. The Kier molecular flexibility index (Phi) is 5.99. The maximum absolute atomic E-state index is 12.2. The van der Waals surface area contributed by atoms with Gasteiger partial charge in [0.1, 0.15) is 23.9 Å². The van der Waals surface area contributed by atoms with Gasteiger partial charge in [-0.1, -0.05) is 18.2 Å². The van der Waals surface area contributed by atoms with Crippen molar-refractivity contribution in [2.24, 2.45) is 0 Å². The number of ether oxygens (including phenoxy) is 1. The Balaban J connectivity index is 1.67. The van der Waals surface area contributed by atoms with Crippen molar-refractivity contribution in [3.8, 4) is 17.1 Å². The first-order valence-corrected chi connectivity index (χ1v) is 9.04. The molecule has 0 saturated heterocycles. The van der Waals surface area contributed by atoms with E-state index < -0.39 is 0 Å². The van der Waals surface area contributed by atoms with E-state index in [1.807, 2.05) is 36.4 Å². The summed E-state index contributed by atoms with van der Waals surface area (Å²) in [6.07, 6.45) is 0. The number of thioether (sulfide) groups is 1. The zero-order valence-electron chi connectivity index (χ0n) is 14.3. The van der Waals surface area contributed by atoms with Gasteiger partial charge in [-0.25, -0.2) is 0 Å². The van der Waals surface area contributed by atoms with Crippen LogP contribution in [0.25, 0.3) is 11.3 Å². The summed E-state index contributed by atoms with van der Waals surface area (Å²) >= 11 is 1.48. The summed E-state index contributed by atoms with van der Waals surface area (Å²) < 4.78 is 11.0. The first-order chi connectivity index (χ1) is 12.7. The van der Waals surface area contributed by atoms with Gasteiger partial charge in [0.2, 0.25) is 5.91 Å². The quantitative estimate of drug-likeness (QED) is 0.612. The number of hydrogen-bond acceptors (Lipinski definition) is 5. The Morgan fingerprint density at radius 2 is 1.96 bits per heavy atom. The van der Waals surface area contributed by atoms with Crippen LogP contribution in [0.3, 0.4) is 0 Å². The molecular weight excluding hydrogens is 350 g/mol. The number of anilines is 1. The Labute approximate surface area is 156 Å². The van der Waals surface area contributed by atoms with Crippen molar-refractivity contribution in [3.05, 3.63) is 66.4 Å². The van der Waals surface area contributed by atoms with Crippen LogP contribution in [0.2, 0.25) is 0 Å². The molecular formula is C20H19NO4S. The molecule has 0 unspecified atom stereocenters. The summed E-state index contributed by atoms with van der Waals surface area (Å²) in [5.41, 5.74) is 1.40. The van der Waals surface area contributed by atoms with E-state index in [9.17, 15) is 4.79 Å². The summed E-state index contributed by atoms with van der Waals surface area (Å²) in [7, 11) is 1.56. The average Bonchev–Trinajstić information content (AvgIpc) is 3.16. The molecule has 0 atom stereocenters. The molecule has 0 saturated carbocycles. The van der Waals surface area contributed by atoms with Crippen LogP contribution < -0.4 is 10.1 Å². The first kappa shape index (κ1) is 18.1. The first-order valence-electron chi connectivity index (χ1n) is 8.05. The number of amides is 1. The normalized spacial score (nSPS) is 10.5. The van der Waals surface area contributed by atoms with Crippen LogP contribution in [0.5, 0.6) is 5.75 Å². The summed E-state index contributed by atoms with van der Waals surface area (Å²) in [5, 5.41) is 12.0. The van der Waals surface area contributed by atoms with Crippen molar-refractivity contribution in [1.82, 2.24) is 0 Å². The monoisotopic (exact) mass is 369 g/mol. The van der Waals surface area contributed by atoms with Crippen LogP contribution in [-0.4, -0.2) is 23.9 Å². The van der Waals surface area contributed by atoms with Gasteiger partial charge >= 0.3 is 0 Å². The number of aliphatic hydroxyl groups is 1. The molecule has 1 aromatic heterocycles. The van der Waals surface area contributed by atoms with Crippen LogP contribution in [0.15, 0.2) is 70.0 Å². The van der Waals surface area contributed by atoms with Crippen LogP contribution in [-0.2, 0) is 11.4 Å². The second-order valence-corrected chi connectivity index (χ2v) is 6.54. The van der Waals surface area contributed by atoms with Gasteiger partial charge in [-0.05, 0) is 36.4 Å². The highest BCUT2D eigenvalue weighted by Gasteiger charge is 2.12. The number of benzene rings is 2. The van der Waals surface area contributed by atoms with Crippen molar-refractivity contribution in [2.75, 3.05) is 18.2 Å². The van der Waals surface area contributed by atoms with Gasteiger partial charge in [0.25, 0.3) is 0 Å². The summed E-state index contributed by atoms with van der Waals surface area (Å²) in [6, 6.07) is 18.6. The average molecular weight is 369 g/mol. The van der Waals surface area contributed by atoms with Crippen LogP contribution in [0.4, 0.5) is 5.69 Å². The number of methoxy groups -OCH3 is 1. The Morgan fingerprint density at radius 1 is 1.15 bits per heavy atom. The lowest BCUT2D eigenvalue weighted by molar-refractivity contribution is -0.113. The van der Waals surface area contributed by atoms with Gasteiger partial charge in [0.15, 0.2) is 0 Å². The molecule has 6 heteroatoms. The van der Waals surface area contributed by atoms with E-state index in [1.54, 1.807) is 31.4 Å². The molecule has 0 radical (unpaired) electrons. The summed E-state index contributed by atoms with van der Waals surface area (Å²) in [5.74, 6) is 1.90. The molecule has 3 aromatic rings. The topological polar surface area (TPSA) is 71.7 Å². The van der Waals surface area contributed by atoms with E-state index >= 15 is 0 Å². The molecule has 5 nitrogen and oxygen atoms in total. The minimum atomic E-state index is -0.157. The minimum absolute atomic E-state index is 0.0887. The van der Waals surface area contributed by atoms with Crippen molar-refractivity contribution in [1.29, 1.82) is 0 Å². The van der Waals surface area contributed by atoms with Crippen molar-refractivity contribution < 1.29 is 19.1 Å². The molecule has 2 N–H and O–H groups in total. The van der Waals surface area contributed by atoms with E-state index in [-0.39, 0.29) is 12.5 Å². The van der Waals surface area contributed by atoms with Crippen molar-refractivity contribution >= 4 is 23.4 Å². The van der Waals surface area contributed by atoms with Gasteiger partial charge in [-0.2, -0.15) is 0 Å².